The van der Waals surface area contributed by atoms with E-state index in [1.807, 2.05) is 0 Å². The Balaban J connectivity index is 2.66. The highest BCUT2D eigenvalue weighted by molar-refractivity contribution is 5.71. The first-order chi connectivity index (χ1) is 12.3. The third-order valence-corrected chi connectivity index (χ3v) is 3.61. The maximum absolute atomic E-state index is 13.6. The number of ether oxygens (including phenoxy) is 2. The van der Waals surface area contributed by atoms with Gasteiger partial charge in [0.25, 0.3) is 0 Å². The van der Waals surface area contributed by atoms with Gasteiger partial charge in [0.2, 0.25) is 11.2 Å². The molecular formula is C17H15F3O6. The topological polar surface area (TPSA) is 86.0 Å². The minimum atomic E-state index is -1.69. The molecule has 2 aromatic rings. The van der Waals surface area contributed by atoms with Gasteiger partial charge in [-0.25, -0.2) is 13.2 Å². The van der Waals surface area contributed by atoms with E-state index in [-0.39, 0.29) is 17.9 Å². The Morgan fingerprint density at radius 3 is 2.35 bits per heavy atom. The molecule has 1 aromatic heterocycles. The molecule has 6 nitrogen and oxygen atoms in total. The van der Waals surface area contributed by atoms with E-state index >= 15 is 0 Å². The molecule has 0 saturated heterocycles. The van der Waals surface area contributed by atoms with E-state index in [1.54, 1.807) is 0 Å². The number of halogens is 3. The lowest BCUT2D eigenvalue weighted by atomic mass is 9.92. The molecule has 0 aliphatic rings. The van der Waals surface area contributed by atoms with E-state index in [0.29, 0.717) is 12.1 Å². The second-order valence-electron chi connectivity index (χ2n) is 5.35. The monoisotopic (exact) mass is 372 g/mol. The van der Waals surface area contributed by atoms with Crippen molar-refractivity contribution < 1.29 is 37.0 Å². The van der Waals surface area contributed by atoms with Crippen LogP contribution in [0.3, 0.4) is 0 Å². The van der Waals surface area contributed by atoms with E-state index in [9.17, 15) is 27.9 Å². The van der Waals surface area contributed by atoms with Gasteiger partial charge in [0.15, 0.2) is 23.2 Å². The fraction of sp³-hybridized carbons (Fsp3) is 0.294. The number of carbonyl (C=O) groups excluding carboxylic acids is 1. The van der Waals surface area contributed by atoms with Crippen LogP contribution in [0.5, 0.6) is 5.75 Å². The van der Waals surface area contributed by atoms with Crippen molar-refractivity contribution in [3.8, 4) is 5.75 Å². The second-order valence-corrected chi connectivity index (χ2v) is 5.35. The lowest BCUT2D eigenvalue weighted by molar-refractivity contribution is -0.140. The molecule has 26 heavy (non-hydrogen) atoms. The van der Waals surface area contributed by atoms with Gasteiger partial charge in [-0.15, -0.1) is 0 Å². The standard InChI is InChI=1S/C17H15F3O6/c1-24-7-9-5-13(21)16(23)17(26-9)10(6-14(22)25-2)8-3-11(18)15(20)12(19)4-8/h3-5,10,23H,6-7H2,1-2H3/t10-/m1/s1. The van der Waals surface area contributed by atoms with Crippen LogP contribution >= 0.6 is 0 Å². The summed E-state index contributed by atoms with van der Waals surface area (Å²) in [6, 6.07) is 2.27. The lowest BCUT2D eigenvalue weighted by Crippen LogP contribution is -2.15. The zero-order chi connectivity index (χ0) is 19.4. The second kappa shape index (κ2) is 8.05. The molecule has 9 heteroatoms. The SMILES string of the molecule is COCc1cc(=O)c(O)c([C@H](CC(=O)OC)c2cc(F)c(F)c(F)c2)o1. The molecule has 140 valence electrons. The zero-order valence-electron chi connectivity index (χ0n) is 13.8. The van der Waals surface area contributed by atoms with Gasteiger partial charge in [-0.2, -0.15) is 0 Å². The largest absolute Gasteiger partial charge is 0.502 e. The summed E-state index contributed by atoms with van der Waals surface area (Å²) in [4.78, 5) is 23.6. The normalized spacial score (nSPS) is 12.0. The fourth-order valence-electron chi connectivity index (χ4n) is 2.39. The first-order valence-electron chi connectivity index (χ1n) is 7.34. The van der Waals surface area contributed by atoms with E-state index in [0.717, 1.165) is 13.2 Å². The molecule has 1 N–H and O–H groups in total. The van der Waals surface area contributed by atoms with Gasteiger partial charge in [-0.05, 0) is 17.7 Å². The Kier molecular flexibility index (Phi) is 6.04. The molecule has 1 aromatic carbocycles. The highest BCUT2D eigenvalue weighted by Crippen LogP contribution is 2.34. The van der Waals surface area contributed by atoms with Crippen LogP contribution in [0.2, 0.25) is 0 Å². The Bertz CT molecular complexity index is 854. The minimum Gasteiger partial charge on any atom is -0.502 e. The van der Waals surface area contributed by atoms with Crippen molar-refractivity contribution in [1.82, 2.24) is 0 Å². The van der Waals surface area contributed by atoms with E-state index in [1.165, 1.54) is 7.11 Å². The number of rotatable bonds is 6. The molecule has 0 fully saturated rings. The Morgan fingerprint density at radius 1 is 1.19 bits per heavy atom. The average molecular weight is 372 g/mol. The quantitative estimate of drug-likeness (QED) is 0.620. The summed E-state index contributed by atoms with van der Waals surface area (Å²) in [5.74, 6) is -8.03. The van der Waals surface area contributed by atoms with Crippen molar-refractivity contribution in [2.45, 2.75) is 18.9 Å². The molecule has 0 bridgehead atoms. The van der Waals surface area contributed by atoms with Gasteiger partial charge in [-0.1, -0.05) is 0 Å². The number of carbonyl (C=O) groups is 1. The van der Waals surface area contributed by atoms with Gasteiger partial charge >= 0.3 is 5.97 Å². The van der Waals surface area contributed by atoms with Gasteiger partial charge in [0.1, 0.15) is 12.4 Å². The van der Waals surface area contributed by atoms with Gasteiger partial charge in [-0.3, -0.25) is 9.59 Å². The van der Waals surface area contributed by atoms with Crippen LogP contribution in [0.4, 0.5) is 13.2 Å². The first kappa shape index (κ1) is 19.5. The molecule has 2 rings (SSSR count). The molecule has 0 unspecified atom stereocenters. The summed E-state index contributed by atoms with van der Waals surface area (Å²) in [5, 5.41) is 10.0. The molecule has 0 amide bonds. The highest BCUT2D eigenvalue weighted by atomic mass is 19.2. The van der Waals surface area contributed by atoms with Gasteiger partial charge in [0.05, 0.1) is 19.4 Å². The maximum Gasteiger partial charge on any atom is 0.306 e. The molecule has 0 spiro atoms. The number of methoxy groups -OCH3 is 2. The molecule has 0 saturated carbocycles. The number of hydrogen-bond donors (Lipinski definition) is 1. The van der Waals surface area contributed by atoms with Crippen molar-refractivity contribution in [2.75, 3.05) is 14.2 Å². The van der Waals surface area contributed by atoms with Crippen molar-refractivity contribution in [2.24, 2.45) is 0 Å². The van der Waals surface area contributed by atoms with Gasteiger partial charge in [0, 0.05) is 13.2 Å². The Hall–Kier alpha value is -2.81. The van der Waals surface area contributed by atoms with Crippen LogP contribution in [0.15, 0.2) is 27.4 Å². The van der Waals surface area contributed by atoms with Crippen LogP contribution in [0.25, 0.3) is 0 Å². The van der Waals surface area contributed by atoms with E-state index in [2.05, 4.69) is 4.74 Å². The third kappa shape index (κ3) is 4.05. The first-order valence-corrected chi connectivity index (χ1v) is 7.34. The number of hydrogen-bond acceptors (Lipinski definition) is 6. The number of benzene rings is 1. The fourth-order valence-corrected chi connectivity index (χ4v) is 2.39. The predicted octanol–water partition coefficient (Wildman–Crippen LogP) is 2.60. The smallest absolute Gasteiger partial charge is 0.306 e. The zero-order valence-corrected chi connectivity index (χ0v) is 13.8. The Labute approximate surface area is 145 Å². The Morgan fingerprint density at radius 2 is 1.81 bits per heavy atom. The molecule has 0 aliphatic heterocycles. The molecule has 1 heterocycles. The summed E-state index contributed by atoms with van der Waals surface area (Å²) >= 11 is 0. The van der Waals surface area contributed by atoms with Crippen molar-refractivity contribution in [3.63, 3.8) is 0 Å². The average Bonchev–Trinajstić information content (AvgIpc) is 2.60. The third-order valence-electron chi connectivity index (χ3n) is 3.61. The van der Waals surface area contributed by atoms with Gasteiger partial charge < -0.3 is 19.0 Å². The maximum atomic E-state index is 13.6. The highest BCUT2D eigenvalue weighted by Gasteiger charge is 2.28. The number of esters is 1. The molecule has 1 atom stereocenters. The molecular weight excluding hydrogens is 357 g/mol. The summed E-state index contributed by atoms with van der Waals surface area (Å²) in [7, 11) is 2.42. The summed E-state index contributed by atoms with van der Waals surface area (Å²) in [6.45, 7) is -0.125. The summed E-state index contributed by atoms with van der Waals surface area (Å²) in [6.07, 6.45) is -0.520. The predicted molar refractivity (Wildman–Crippen MR) is 82.1 cm³/mol. The van der Waals surface area contributed by atoms with Crippen molar-refractivity contribution in [3.05, 3.63) is 63.0 Å². The lowest BCUT2D eigenvalue weighted by Gasteiger charge is -2.18. The van der Waals surface area contributed by atoms with E-state index < -0.39 is 52.7 Å². The minimum absolute atomic E-state index is 0.0169. The summed E-state index contributed by atoms with van der Waals surface area (Å²) < 4.78 is 55.2. The number of aromatic hydroxyl groups is 1. The van der Waals surface area contributed by atoms with Crippen LogP contribution < -0.4 is 5.43 Å². The molecule has 0 radical (unpaired) electrons. The van der Waals surface area contributed by atoms with Crippen LogP contribution in [-0.4, -0.2) is 25.3 Å². The summed E-state index contributed by atoms with van der Waals surface area (Å²) in [5.41, 5.74) is -1.06. The van der Waals surface area contributed by atoms with E-state index in [4.69, 9.17) is 9.15 Å². The van der Waals surface area contributed by atoms with Crippen molar-refractivity contribution >= 4 is 5.97 Å². The van der Waals surface area contributed by atoms with Crippen molar-refractivity contribution in [1.29, 1.82) is 0 Å². The van der Waals surface area contributed by atoms with Crippen LogP contribution in [-0.2, 0) is 20.9 Å². The van der Waals surface area contributed by atoms with Crippen LogP contribution in [0.1, 0.15) is 29.4 Å². The molecule has 0 aliphatic carbocycles. The van der Waals surface area contributed by atoms with Crippen LogP contribution in [0, 0.1) is 17.5 Å².